The Morgan fingerprint density at radius 1 is 0.814 bits per heavy atom. The largest absolute Gasteiger partial charge is 0.493 e. The van der Waals surface area contributed by atoms with Gasteiger partial charge in [0.2, 0.25) is 0 Å². The molecule has 4 aromatic carbocycles. The van der Waals surface area contributed by atoms with Crippen molar-refractivity contribution < 1.29 is 32.9 Å². The van der Waals surface area contributed by atoms with E-state index in [1.54, 1.807) is 60.8 Å². The number of carbonyl (C=O) groups excluding carboxylic acids is 2. The molecule has 43 heavy (non-hydrogen) atoms. The number of rotatable bonds is 10. The van der Waals surface area contributed by atoms with Crippen LogP contribution in [0, 0.1) is 5.82 Å². The molecule has 8 nitrogen and oxygen atoms in total. The Bertz CT molecular complexity index is 1670. The van der Waals surface area contributed by atoms with Gasteiger partial charge in [-0.3, -0.25) is 9.79 Å². The lowest BCUT2D eigenvalue weighted by molar-refractivity contribution is -0.119. The van der Waals surface area contributed by atoms with Crippen LogP contribution in [0.2, 0.25) is 0 Å². The van der Waals surface area contributed by atoms with Gasteiger partial charge < -0.3 is 24.3 Å². The van der Waals surface area contributed by atoms with Crippen LogP contribution in [-0.2, 0) is 15.1 Å². The van der Waals surface area contributed by atoms with Gasteiger partial charge in [0, 0.05) is 11.9 Å². The standard InChI is InChI=1S/C34H29FN2O6/c1-40-29-16-12-24(20-30(29)41-2)34(18-7-19-36-34)33(39)37-26-15-17-28(27(21-26)32(38)42-3)43-31(22-8-5-4-6-9-22)23-10-13-25(35)14-11-23/h4-21,31H,1-3H3,(H,37,39). The fourth-order valence-electron chi connectivity index (χ4n) is 4.82. The molecule has 0 bridgehead atoms. The van der Waals surface area contributed by atoms with Gasteiger partial charge in [-0.2, -0.15) is 0 Å². The number of benzene rings is 4. The molecule has 0 aromatic heterocycles. The number of hydrogen-bond donors (Lipinski definition) is 1. The van der Waals surface area contributed by atoms with Crippen molar-refractivity contribution in [3.8, 4) is 17.2 Å². The Morgan fingerprint density at radius 2 is 1.51 bits per heavy atom. The van der Waals surface area contributed by atoms with Crippen LogP contribution in [0.15, 0.2) is 108 Å². The Labute approximate surface area is 248 Å². The molecule has 1 amide bonds. The summed E-state index contributed by atoms with van der Waals surface area (Å²) in [6.45, 7) is 0. The Morgan fingerprint density at radius 3 is 2.16 bits per heavy atom. The van der Waals surface area contributed by atoms with E-state index in [1.807, 2.05) is 30.3 Å². The molecule has 9 heteroatoms. The molecule has 218 valence electrons. The first-order valence-electron chi connectivity index (χ1n) is 13.3. The molecule has 0 radical (unpaired) electrons. The number of aliphatic imine (C=N–C) groups is 1. The van der Waals surface area contributed by atoms with Crippen molar-refractivity contribution in [2.75, 3.05) is 26.6 Å². The van der Waals surface area contributed by atoms with Gasteiger partial charge in [0.05, 0.1) is 21.3 Å². The van der Waals surface area contributed by atoms with E-state index in [0.717, 1.165) is 5.56 Å². The highest BCUT2D eigenvalue weighted by atomic mass is 19.1. The van der Waals surface area contributed by atoms with E-state index in [2.05, 4.69) is 10.3 Å². The molecule has 2 unspecified atom stereocenters. The number of ether oxygens (including phenoxy) is 4. The Kier molecular flexibility index (Phi) is 8.52. The van der Waals surface area contributed by atoms with Crippen LogP contribution < -0.4 is 19.5 Å². The maximum atomic E-state index is 13.8. The van der Waals surface area contributed by atoms with Crippen molar-refractivity contribution >= 4 is 23.8 Å². The summed E-state index contributed by atoms with van der Waals surface area (Å²) in [4.78, 5) is 31.2. The van der Waals surface area contributed by atoms with Gasteiger partial charge in [0.15, 0.2) is 17.0 Å². The van der Waals surface area contributed by atoms with E-state index in [-0.39, 0.29) is 17.1 Å². The third kappa shape index (κ3) is 5.97. The molecule has 1 aliphatic heterocycles. The number of carbonyl (C=O) groups is 2. The average molecular weight is 581 g/mol. The molecular formula is C34H29FN2O6. The highest BCUT2D eigenvalue weighted by Gasteiger charge is 2.39. The fraction of sp³-hybridized carbons (Fsp3) is 0.147. The topological polar surface area (TPSA) is 95.5 Å². The number of esters is 1. The first-order chi connectivity index (χ1) is 20.9. The number of halogens is 1. The number of allylic oxidation sites excluding steroid dienone is 1. The van der Waals surface area contributed by atoms with E-state index >= 15 is 0 Å². The van der Waals surface area contributed by atoms with Crippen LogP contribution in [-0.4, -0.2) is 39.4 Å². The van der Waals surface area contributed by atoms with Crippen molar-refractivity contribution in [1.29, 1.82) is 0 Å². The first-order valence-corrected chi connectivity index (χ1v) is 13.3. The maximum Gasteiger partial charge on any atom is 0.341 e. The van der Waals surface area contributed by atoms with Crippen molar-refractivity contribution in [3.63, 3.8) is 0 Å². The zero-order valence-electron chi connectivity index (χ0n) is 23.7. The third-order valence-corrected chi connectivity index (χ3v) is 7.03. The predicted molar refractivity (Wildman–Crippen MR) is 161 cm³/mol. The number of nitrogens with one attached hydrogen (secondary N) is 1. The number of anilines is 1. The van der Waals surface area contributed by atoms with Crippen molar-refractivity contribution in [3.05, 3.63) is 131 Å². The quantitative estimate of drug-likeness (QED) is 0.222. The van der Waals surface area contributed by atoms with E-state index in [0.29, 0.717) is 28.3 Å². The minimum atomic E-state index is -1.37. The predicted octanol–water partition coefficient (Wildman–Crippen LogP) is 6.27. The minimum absolute atomic E-state index is 0.0916. The second-order valence-corrected chi connectivity index (χ2v) is 9.59. The van der Waals surface area contributed by atoms with Gasteiger partial charge in [-0.25, -0.2) is 9.18 Å². The van der Waals surface area contributed by atoms with E-state index in [1.165, 1.54) is 39.5 Å². The fourth-order valence-corrected chi connectivity index (χ4v) is 4.82. The van der Waals surface area contributed by atoms with Crippen LogP contribution >= 0.6 is 0 Å². The summed E-state index contributed by atoms with van der Waals surface area (Å²) in [7, 11) is 4.30. The Balaban J connectivity index is 1.48. The molecule has 2 atom stereocenters. The average Bonchev–Trinajstić information content (AvgIpc) is 3.56. The molecule has 0 saturated heterocycles. The first kappa shape index (κ1) is 29.1. The van der Waals surface area contributed by atoms with Crippen LogP contribution in [0.25, 0.3) is 0 Å². The van der Waals surface area contributed by atoms with E-state index < -0.39 is 23.5 Å². The van der Waals surface area contributed by atoms with Crippen molar-refractivity contribution in [2.24, 2.45) is 4.99 Å². The minimum Gasteiger partial charge on any atom is -0.493 e. The lowest BCUT2D eigenvalue weighted by atomic mass is 9.89. The highest BCUT2D eigenvalue weighted by molar-refractivity contribution is 6.04. The summed E-state index contributed by atoms with van der Waals surface area (Å²) < 4.78 is 35.9. The van der Waals surface area contributed by atoms with Gasteiger partial charge in [0.1, 0.15) is 23.2 Å². The molecule has 1 heterocycles. The van der Waals surface area contributed by atoms with E-state index in [9.17, 15) is 14.0 Å². The normalized spacial score (nSPS) is 15.9. The van der Waals surface area contributed by atoms with Gasteiger partial charge in [-0.15, -0.1) is 0 Å². The summed E-state index contributed by atoms with van der Waals surface area (Å²) in [6, 6.07) is 25.1. The third-order valence-electron chi connectivity index (χ3n) is 7.03. The zero-order chi connectivity index (χ0) is 30.4. The van der Waals surface area contributed by atoms with Crippen molar-refractivity contribution in [2.45, 2.75) is 11.6 Å². The van der Waals surface area contributed by atoms with Crippen LogP contribution in [0.3, 0.4) is 0 Å². The van der Waals surface area contributed by atoms with Gasteiger partial charge in [0.25, 0.3) is 5.91 Å². The zero-order valence-corrected chi connectivity index (χ0v) is 23.7. The van der Waals surface area contributed by atoms with Gasteiger partial charge in [-0.05, 0) is 71.3 Å². The molecule has 1 N–H and O–H groups in total. The summed E-state index contributed by atoms with van der Waals surface area (Å²) >= 11 is 0. The molecule has 4 aromatic rings. The van der Waals surface area contributed by atoms with Gasteiger partial charge in [-0.1, -0.05) is 48.5 Å². The Hall–Kier alpha value is -5.44. The smallest absolute Gasteiger partial charge is 0.341 e. The van der Waals surface area contributed by atoms with Crippen LogP contribution in [0.5, 0.6) is 17.2 Å². The second kappa shape index (κ2) is 12.6. The molecule has 1 aliphatic rings. The number of methoxy groups -OCH3 is 3. The molecule has 0 saturated carbocycles. The maximum absolute atomic E-state index is 13.8. The lowest BCUT2D eigenvalue weighted by Crippen LogP contribution is -2.36. The molecule has 0 spiro atoms. The second-order valence-electron chi connectivity index (χ2n) is 9.59. The highest BCUT2D eigenvalue weighted by Crippen LogP contribution is 2.38. The van der Waals surface area contributed by atoms with E-state index in [4.69, 9.17) is 18.9 Å². The summed E-state index contributed by atoms with van der Waals surface area (Å²) in [6.07, 6.45) is 4.26. The summed E-state index contributed by atoms with van der Waals surface area (Å²) in [5.74, 6) is -0.311. The number of nitrogens with zero attached hydrogens (tertiary/aromatic N) is 1. The monoisotopic (exact) mass is 580 g/mol. The van der Waals surface area contributed by atoms with Crippen molar-refractivity contribution in [1.82, 2.24) is 0 Å². The lowest BCUT2D eigenvalue weighted by Gasteiger charge is -2.25. The molecule has 5 rings (SSSR count). The number of hydrogen-bond acceptors (Lipinski definition) is 7. The van der Waals surface area contributed by atoms with Crippen LogP contribution in [0.4, 0.5) is 10.1 Å². The molecule has 0 fully saturated rings. The summed E-state index contributed by atoms with van der Waals surface area (Å²) in [5, 5.41) is 2.88. The number of amides is 1. The molecule has 0 aliphatic carbocycles. The molecular weight excluding hydrogens is 551 g/mol. The SMILES string of the molecule is COC(=O)c1cc(NC(=O)C2(c3ccc(OC)c(OC)c3)C=CC=N2)ccc1OC(c1ccccc1)c1ccc(F)cc1. The summed E-state index contributed by atoms with van der Waals surface area (Å²) in [5.41, 5.74) is 1.08. The van der Waals surface area contributed by atoms with Gasteiger partial charge >= 0.3 is 5.97 Å². The van der Waals surface area contributed by atoms with Crippen LogP contribution in [0.1, 0.15) is 33.2 Å².